The monoisotopic (exact) mass is 218 g/mol. The number of ether oxygens (including phenoxy) is 1. The first kappa shape index (κ1) is 10.7. The van der Waals surface area contributed by atoms with E-state index in [2.05, 4.69) is 5.10 Å². The highest BCUT2D eigenvalue weighted by atomic mass is 16.5. The highest BCUT2D eigenvalue weighted by molar-refractivity contribution is 5.38. The molecule has 0 fully saturated rings. The summed E-state index contributed by atoms with van der Waals surface area (Å²) >= 11 is 0. The van der Waals surface area contributed by atoms with Gasteiger partial charge in [-0.2, -0.15) is 5.10 Å². The molecule has 2 rings (SSSR count). The molecule has 1 heterocycles. The Morgan fingerprint density at radius 2 is 2.06 bits per heavy atom. The van der Waals surface area contributed by atoms with Crippen molar-refractivity contribution in [1.29, 1.82) is 0 Å². The van der Waals surface area contributed by atoms with Crippen molar-refractivity contribution in [2.75, 3.05) is 7.11 Å². The summed E-state index contributed by atoms with van der Waals surface area (Å²) in [4.78, 5) is 0. The zero-order valence-corrected chi connectivity index (χ0v) is 9.29. The third kappa shape index (κ3) is 1.92. The van der Waals surface area contributed by atoms with Crippen molar-refractivity contribution in [3.8, 4) is 5.75 Å². The van der Waals surface area contributed by atoms with E-state index in [0.717, 1.165) is 5.56 Å². The first-order valence-corrected chi connectivity index (χ1v) is 5.03. The second-order valence-corrected chi connectivity index (χ2v) is 3.56. The standard InChI is InChI=1S/C12H14N2O2/c1-14-8-7-10(13-14)12(15)9-5-3-4-6-11(9)16-2/h3-8,12,15H,1-2H3. The topological polar surface area (TPSA) is 47.3 Å². The van der Waals surface area contributed by atoms with E-state index in [9.17, 15) is 5.11 Å². The molecule has 2 aromatic rings. The molecule has 1 N–H and O–H groups in total. The van der Waals surface area contributed by atoms with Gasteiger partial charge in [-0.1, -0.05) is 18.2 Å². The number of rotatable bonds is 3. The van der Waals surface area contributed by atoms with Crippen molar-refractivity contribution in [2.45, 2.75) is 6.10 Å². The van der Waals surface area contributed by atoms with Gasteiger partial charge in [0, 0.05) is 18.8 Å². The van der Waals surface area contributed by atoms with Gasteiger partial charge in [0.05, 0.1) is 12.8 Å². The summed E-state index contributed by atoms with van der Waals surface area (Å²) in [6.07, 6.45) is 1.05. The summed E-state index contributed by atoms with van der Waals surface area (Å²) in [5, 5.41) is 14.3. The maximum Gasteiger partial charge on any atom is 0.126 e. The fourth-order valence-corrected chi connectivity index (χ4v) is 1.63. The lowest BCUT2D eigenvalue weighted by Gasteiger charge is -2.12. The van der Waals surface area contributed by atoms with Gasteiger partial charge in [0.2, 0.25) is 0 Å². The first-order valence-electron chi connectivity index (χ1n) is 5.03. The molecule has 1 aromatic carbocycles. The van der Waals surface area contributed by atoms with E-state index in [1.165, 1.54) is 0 Å². The van der Waals surface area contributed by atoms with Crippen LogP contribution in [0.4, 0.5) is 0 Å². The van der Waals surface area contributed by atoms with E-state index < -0.39 is 6.10 Å². The van der Waals surface area contributed by atoms with Gasteiger partial charge in [-0.05, 0) is 12.1 Å². The van der Waals surface area contributed by atoms with Crippen LogP contribution in [0.2, 0.25) is 0 Å². The number of aliphatic hydroxyl groups is 1. The Bertz CT molecular complexity index is 479. The van der Waals surface area contributed by atoms with Crippen LogP contribution in [-0.2, 0) is 7.05 Å². The smallest absolute Gasteiger partial charge is 0.126 e. The molecule has 1 atom stereocenters. The molecule has 1 aromatic heterocycles. The van der Waals surface area contributed by atoms with Crippen molar-refractivity contribution in [3.63, 3.8) is 0 Å². The molecule has 0 aliphatic carbocycles. The minimum absolute atomic E-state index is 0.618. The van der Waals surface area contributed by atoms with Crippen LogP contribution >= 0.6 is 0 Å². The predicted octanol–water partition coefficient (Wildman–Crippen LogP) is 1.51. The maximum atomic E-state index is 10.2. The van der Waals surface area contributed by atoms with Crippen LogP contribution in [0.25, 0.3) is 0 Å². The lowest BCUT2D eigenvalue weighted by molar-refractivity contribution is 0.209. The molecular formula is C12H14N2O2. The summed E-state index contributed by atoms with van der Waals surface area (Å²) < 4.78 is 6.86. The van der Waals surface area contributed by atoms with Crippen LogP contribution in [0.5, 0.6) is 5.75 Å². The average Bonchev–Trinajstić information content (AvgIpc) is 2.75. The van der Waals surface area contributed by atoms with Crippen molar-refractivity contribution >= 4 is 0 Å². The van der Waals surface area contributed by atoms with Crippen LogP contribution in [0.1, 0.15) is 17.4 Å². The molecule has 0 saturated carbocycles. The number of hydrogen-bond acceptors (Lipinski definition) is 3. The number of hydrogen-bond donors (Lipinski definition) is 1. The van der Waals surface area contributed by atoms with E-state index in [0.29, 0.717) is 11.4 Å². The molecule has 4 nitrogen and oxygen atoms in total. The van der Waals surface area contributed by atoms with Crippen molar-refractivity contribution in [3.05, 3.63) is 47.8 Å². The Labute approximate surface area is 94.1 Å². The molecule has 0 aliphatic heterocycles. The van der Waals surface area contributed by atoms with Gasteiger partial charge in [-0.15, -0.1) is 0 Å². The SMILES string of the molecule is COc1ccccc1C(O)c1ccn(C)n1. The van der Waals surface area contributed by atoms with Crippen molar-refractivity contribution < 1.29 is 9.84 Å². The molecule has 4 heteroatoms. The van der Waals surface area contributed by atoms with Crippen molar-refractivity contribution in [1.82, 2.24) is 9.78 Å². The largest absolute Gasteiger partial charge is 0.496 e. The third-order valence-electron chi connectivity index (χ3n) is 2.45. The number of para-hydroxylation sites is 1. The van der Waals surface area contributed by atoms with E-state index in [1.54, 1.807) is 24.1 Å². The minimum Gasteiger partial charge on any atom is -0.496 e. The van der Waals surface area contributed by atoms with Gasteiger partial charge < -0.3 is 9.84 Å². The molecule has 16 heavy (non-hydrogen) atoms. The van der Waals surface area contributed by atoms with Gasteiger partial charge in [-0.3, -0.25) is 4.68 Å². The normalized spacial score (nSPS) is 12.4. The highest BCUT2D eigenvalue weighted by Crippen LogP contribution is 2.28. The fourth-order valence-electron chi connectivity index (χ4n) is 1.63. The van der Waals surface area contributed by atoms with Gasteiger partial charge in [0.15, 0.2) is 0 Å². The number of aliphatic hydroxyl groups excluding tert-OH is 1. The Kier molecular flexibility index (Phi) is 2.92. The first-order chi connectivity index (χ1) is 7.72. The molecule has 0 aliphatic rings. The lowest BCUT2D eigenvalue weighted by atomic mass is 10.1. The van der Waals surface area contributed by atoms with Gasteiger partial charge in [0.25, 0.3) is 0 Å². The summed E-state index contributed by atoms with van der Waals surface area (Å²) in [7, 11) is 3.41. The Hall–Kier alpha value is -1.81. The number of aromatic nitrogens is 2. The van der Waals surface area contributed by atoms with Gasteiger partial charge in [-0.25, -0.2) is 0 Å². The summed E-state index contributed by atoms with van der Waals surface area (Å²) in [6.45, 7) is 0. The molecule has 0 spiro atoms. The highest BCUT2D eigenvalue weighted by Gasteiger charge is 2.16. The van der Waals surface area contributed by atoms with Crippen LogP contribution < -0.4 is 4.74 Å². The fraction of sp³-hybridized carbons (Fsp3) is 0.250. The zero-order valence-electron chi connectivity index (χ0n) is 9.29. The Morgan fingerprint density at radius 1 is 1.31 bits per heavy atom. The van der Waals surface area contributed by atoms with E-state index in [4.69, 9.17) is 4.74 Å². The second kappa shape index (κ2) is 4.37. The number of methoxy groups -OCH3 is 1. The molecule has 0 radical (unpaired) electrons. The van der Waals surface area contributed by atoms with E-state index in [-0.39, 0.29) is 0 Å². The summed E-state index contributed by atoms with van der Waals surface area (Å²) in [5.74, 6) is 0.667. The lowest BCUT2D eigenvalue weighted by Crippen LogP contribution is -2.03. The van der Waals surface area contributed by atoms with Crippen molar-refractivity contribution in [2.24, 2.45) is 7.05 Å². The number of nitrogens with zero attached hydrogens (tertiary/aromatic N) is 2. The van der Waals surface area contributed by atoms with E-state index in [1.807, 2.05) is 31.3 Å². The maximum absolute atomic E-state index is 10.2. The molecule has 84 valence electrons. The second-order valence-electron chi connectivity index (χ2n) is 3.56. The summed E-state index contributed by atoms with van der Waals surface area (Å²) in [5.41, 5.74) is 1.34. The summed E-state index contributed by atoms with van der Waals surface area (Å²) in [6, 6.07) is 9.17. The molecule has 0 bridgehead atoms. The third-order valence-corrected chi connectivity index (χ3v) is 2.45. The van der Waals surface area contributed by atoms with Crippen LogP contribution in [0.3, 0.4) is 0 Å². The average molecular weight is 218 g/mol. The van der Waals surface area contributed by atoms with Gasteiger partial charge in [0.1, 0.15) is 11.9 Å². The Morgan fingerprint density at radius 3 is 2.69 bits per heavy atom. The van der Waals surface area contributed by atoms with Crippen LogP contribution in [0, 0.1) is 0 Å². The van der Waals surface area contributed by atoms with Crippen LogP contribution in [-0.4, -0.2) is 22.0 Å². The van der Waals surface area contributed by atoms with E-state index >= 15 is 0 Å². The van der Waals surface area contributed by atoms with Crippen LogP contribution in [0.15, 0.2) is 36.5 Å². The molecule has 0 saturated heterocycles. The predicted molar refractivity (Wildman–Crippen MR) is 60.3 cm³/mol. The molecule has 0 amide bonds. The van der Waals surface area contributed by atoms with Gasteiger partial charge >= 0.3 is 0 Å². The number of benzene rings is 1. The Balaban J connectivity index is 2.36. The number of aryl methyl sites for hydroxylation is 1. The molecule has 1 unspecified atom stereocenters. The minimum atomic E-state index is -0.752. The zero-order chi connectivity index (χ0) is 11.5. The molecular weight excluding hydrogens is 204 g/mol. The quantitative estimate of drug-likeness (QED) is 0.849.